The van der Waals surface area contributed by atoms with E-state index in [2.05, 4.69) is 44.9 Å². The van der Waals surface area contributed by atoms with Gasteiger partial charge in [-0.1, -0.05) is 19.1 Å². The predicted molar refractivity (Wildman–Crippen MR) is 87.7 cm³/mol. The standard InChI is InChI=1S/C17H30N2O2/c1-5-11-21-16-8-6-15(7-9-16)17(13-18)19(4)10-12-20-14(2)3/h6-9,14,17H,5,10-13,18H2,1-4H3. The fourth-order valence-corrected chi connectivity index (χ4v) is 2.16. The Morgan fingerprint density at radius 2 is 1.81 bits per heavy atom. The van der Waals surface area contributed by atoms with E-state index in [4.69, 9.17) is 15.2 Å². The van der Waals surface area contributed by atoms with Gasteiger partial charge >= 0.3 is 0 Å². The summed E-state index contributed by atoms with van der Waals surface area (Å²) >= 11 is 0. The molecule has 120 valence electrons. The molecule has 0 radical (unpaired) electrons. The Labute approximate surface area is 129 Å². The van der Waals surface area contributed by atoms with Crippen molar-refractivity contribution in [3.05, 3.63) is 29.8 Å². The molecule has 21 heavy (non-hydrogen) atoms. The van der Waals surface area contributed by atoms with Gasteiger partial charge in [0.2, 0.25) is 0 Å². The SMILES string of the molecule is CCCOc1ccc(C(CN)N(C)CCOC(C)C)cc1. The van der Waals surface area contributed by atoms with Crippen LogP contribution in [0.4, 0.5) is 0 Å². The van der Waals surface area contributed by atoms with Crippen LogP contribution < -0.4 is 10.5 Å². The predicted octanol–water partition coefficient (Wildman–Crippen LogP) is 2.83. The lowest BCUT2D eigenvalue weighted by atomic mass is 10.1. The molecule has 1 atom stereocenters. The maximum absolute atomic E-state index is 5.94. The Morgan fingerprint density at radius 3 is 2.33 bits per heavy atom. The number of hydrogen-bond acceptors (Lipinski definition) is 4. The monoisotopic (exact) mass is 294 g/mol. The minimum absolute atomic E-state index is 0.209. The van der Waals surface area contributed by atoms with Gasteiger partial charge in [0.25, 0.3) is 0 Å². The molecule has 1 aromatic carbocycles. The quantitative estimate of drug-likeness (QED) is 0.721. The number of hydrogen-bond donors (Lipinski definition) is 1. The van der Waals surface area contributed by atoms with Gasteiger partial charge in [-0.25, -0.2) is 0 Å². The summed E-state index contributed by atoms with van der Waals surface area (Å²) in [6, 6.07) is 8.45. The smallest absolute Gasteiger partial charge is 0.119 e. The Kier molecular flexibility index (Phi) is 8.35. The van der Waals surface area contributed by atoms with Crippen LogP contribution in [0.25, 0.3) is 0 Å². The summed E-state index contributed by atoms with van der Waals surface area (Å²) in [6.45, 7) is 9.15. The molecule has 0 spiro atoms. The third kappa shape index (κ3) is 6.46. The first kappa shape index (κ1) is 18.0. The summed E-state index contributed by atoms with van der Waals surface area (Å²) in [5, 5.41) is 0. The highest BCUT2D eigenvalue weighted by Gasteiger charge is 2.15. The van der Waals surface area contributed by atoms with Gasteiger partial charge in [-0.2, -0.15) is 0 Å². The Morgan fingerprint density at radius 1 is 1.14 bits per heavy atom. The molecule has 0 aliphatic rings. The van der Waals surface area contributed by atoms with E-state index in [-0.39, 0.29) is 12.1 Å². The fraction of sp³-hybridized carbons (Fsp3) is 0.647. The lowest BCUT2D eigenvalue weighted by Gasteiger charge is -2.27. The maximum Gasteiger partial charge on any atom is 0.119 e. The van der Waals surface area contributed by atoms with Crippen molar-refractivity contribution in [3.63, 3.8) is 0 Å². The summed E-state index contributed by atoms with van der Waals surface area (Å²) in [4.78, 5) is 2.24. The summed E-state index contributed by atoms with van der Waals surface area (Å²) < 4.78 is 11.2. The van der Waals surface area contributed by atoms with Gasteiger partial charge in [0.1, 0.15) is 5.75 Å². The van der Waals surface area contributed by atoms with E-state index in [1.165, 1.54) is 5.56 Å². The van der Waals surface area contributed by atoms with Crippen molar-refractivity contribution in [3.8, 4) is 5.75 Å². The maximum atomic E-state index is 5.94. The zero-order valence-corrected chi connectivity index (χ0v) is 13.8. The lowest BCUT2D eigenvalue weighted by molar-refractivity contribution is 0.0564. The van der Waals surface area contributed by atoms with Crippen molar-refractivity contribution < 1.29 is 9.47 Å². The molecule has 0 bridgehead atoms. The highest BCUT2D eigenvalue weighted by atomic mass is 16.5. The third-order valence-corrected chi connectivity index (χ3v) is 3.39. The number of likely N-dealkylation sites (N-methyl/N-ethyl adjacent to an activating group) is 1. The summed E-state index contributed by atoms with van der Waals surface area (Å²) in [5.41, 5.74) is 7.16. The average Bonchev–Trinajstić information content (AvgIpc) is 2.47. The topological polar surface area (TPSA) is 47.7 Å². The summed E-state index contributed by atoms with van der Waals surface area (Å²) in [5.74, 6) is 0.919. The molecule has 0 aromatic heterocycles. The van der Waals surface area contributed by atoms with Gasteiger partial charge in [0.05, 0.1) is 19.3 Å². The number of nitrogens with two attached hydrogens (primary N) is 1. The Balaban J connectivity index is 2.57. The molecule has 4 nitrogen and oxygen atoms in total. The summed E-state index contributed by atoms with van der Waals surface area (Å²) in [7, 11) is 2.09. The molecule has 1 rings (SSSR count). The van der Waals surface area contributed by atoms with E-state index in [1.54, 1.807) is 0 Å². The van der Waals surface area contributed by atoms with E-state index in [9.17, 15) is 0 Å². The molecule has 0 amide bonds. The van der Waals surface area contributed by atoms with Crippen molar-refractivity contribution in [2.24, 2.45) is 5.73 Å². The minimum Gasteiger partial charge on any atom is -0.494 e. The van der Waals surface area contributed by atoms with Gasteiger partial charge in [0.15, 0.2) is 0 Å². The van der Waals surface area contributed by atoms with Crippen LogP contribution in [0.1, 0.15) is 38.8 Å². The number of ether oxygens (including phenoxy) is 2. The minimum atomic E-state index is 0.209. The third-order valence-electron chi connectivity index (χ3n) is 3.39. The van der Waals surface area contributed by atoms with Crippen molar-refractivity contribution in [2.45, 2.75) is 39.3 Å². The van der Waals surface area contributed by atoms with E-state index in [0.29, 0.717) is 6.54 Å². The molecule has 0 saturated heterocycles. The van der Waals surface area contributed by atoms with Crippen LogP contribution in [0, 0.1) is 0 Å². The van der Waals surface area contributed by atoms with Crippen LogP contribution in [-0.4, -0.2) is 44.4 Å². The second-order valence-corrected chi connectivity index (χ2v) is 5.57. The van der Waals surface area contributed by atoms with Gasteiger partial charge in [-0.3, -0.25) is 4.90 Å². The van der Waals surface area contributed by atoms with Crippen molar-refractivity contribution in [1.29, 1.82) is 0 Å². The molecule has 1 aromatic rings. The molecule has 0 aliphatic carbocycles. The number of benzene rings is 1. The molecule has 0 heterocycles. The van der Waals surface area contributed by atoms with Gasteiger partial charge in [-0.05, 0) is 45.0 Å². The number of nitrogens with zero attached hydrogens (tertiary/aromatic N) is 1. The molecule has 0 saturated carbocycles. The first-order valence-electron chi connectivity index (χ1n) is 7.83. The molecule has 2 N–H and O–H groups in total. The Hall–Kier alpha value is -1.10. The zero-order valence-electron chi connectivity index (χ0n) is 13.8. The van der Waals surface area contributed by atoms with Crippen molar-refractivity contribution in [1.82, 2.24) is 4.90 Å². The molecule has 1 unspecified atom stereocenters. The van der Waals surface area contributed by atoms with E-state index in [1.807, 2.05) is 12.1 Å². The van der Waals surface area contributed by atoms with Crippen LogP contribution >= 0.6 is 0 Å². The molecular weight excluding hydrogens is 264 g/mol. The Bertz CT molecular complexity index is 379. The van der Waals surface area contributed by atoms with E-state index in [0.717, 1.165) is 31.9 Å². The fourth-order valence-electron chi connectivity index (χ4n) is 2.16. The van der Waals surface area contributed by atoms with Crippen molar-refractivity contribution in [2.75, 3.05) is 33.4 Å². The number of rotatable bonds is 10. The van der Waals surface area contributed by atoms with Crippen LogP contribution in [0.2, 0.25) is 0 Å². The average molecular weight is 294 g/mol. The van der Waals surface area contributed by atoms with Gasteiger partial charge < -0.3 is 15.2 Å². The van der Waals surface area contributed by atoms with E-state index < -0.39 is 0 Å². The lowest BCUT2D eigenvalue weighted by Crippen LogP contribution is -2.33. The normalized spacial score (nSPS) is 12.9. The molecule has 4 heteroatoms. The van der Waals surface area contributed by atoms with E-state index >= 15 is 0 Å². The second-order valence-electron chi connectivity index (χ2n) is 5.57. The highest BCUT2D eigenvalue weighted by molar-refractivity contribution is 5.29. The van der Waals surface area contributed by atoms with Crippen LogP contribution in [-0.2, 0) is 4.74 Å². The highest BCUT2D eigenvalue weighted by Crippen LogP contribution is 2.21. The second kappa shape index (κ2) is 9.77. The molecule has 0 aliphatic heterocycles. The first-order valence-corrected chi connectivity index (χ1v) is 7.83. The molecule has 0 fully saturated rings. The van der Waals surface area contributed by atoms with Crippen LogP contribution in [0.3, 0.4) is 0 Å². The van der Waals surface area contributed by atoms with Gasteiger partial charge in [0, 0.05) is 19.1 Å². The first-order chi connectivity index (χ1) is 10.1. The largest absolute Gasteiger partial charge is 0.494 e. The van der Waals surface area contributed by atoms with Crippen LogP contribution in [0.5, 0.6) is 5.75 Å². The van der Waals surface area contributed by atoms with Crippen LogP contribution in [0.15, 0.2) is 24.3 Å². The van der Waals surface area contributed by atoms with Crippen molar-refractivity contribution >= 4 is 0 Å². The van der Waals surface area contributed by atoms with Gasteiger partial charge in [-0.15, -0.1) is 0 Å². The zero-order chi connectivity index (χ0) is 15.7. The molecular formula is C17H30N2O2. The summed E-state index contributed by atoms with van der Waals surface area (Å²) in [6.07, 6.45) is 1.29.